The van der Waals surface area contributed by atoms with E-state index in [0.29, 0.717) is 24.3 Å². The van der Waals surface area contributed by atoms with Crippen molar-refractivity contribution < 1.29 is 17.9 Å². The lowest BCUT2D eigenvalue weighted by Gasteiger charge is -2.26. The molecule has 4 rings (SSSR count). The Bertz CT molecular complexity index is 1190. The number of carbonyl (C=O) groups excluding carboxylic acids is 1. The molecule has 33 heavy (non-hydrogen) atoms. The lowest BCUT2D eigenvalue weighted by Crippen LogP contribution is -2.37. The zero-order valence-electron chi connectivity index (χ0n) is 18.6. The number of para-hydroxylation sites is 1. The highest BCUT2D eigenvalue weighted by Crippen LogP contribution is 2.21. The molecule has 1 aliphatic rings. The third kappa shape index (κ3) is 5.80. The van der Waals surface area contributed by atoms with E-state index in [2.05, 4.69) is 4.72 Å². The van der Waals surface area contributed by atoms with Gasteiger partial charge in [0.2, 0.25) is 0 Å². The minimum Gasteiger partial charge on any atom is -0.376 e. The topological polar surface area (TPSA) is 75.7 Å². The minimum absolute atomic E-state index is 0.0237. The van der Waals surface area contributed by atoms with Crippen molar-refractivity contribution in [3.63, 3.8) is 0 Å². The van der Waals surface area contributed by atoms with Gasteiger partial charge in [0.15, 0.2) is 0 Å². The van der Waals surface area contributed by atoms with E-state index < -0.39 is 10.0 Å². The van der Waals surface area contributed by atoms with Crippen molar-refractivity contribution in [2.24, 2.45) is 0 Å². The summed E-state index contributed by atoms with van der Waals surface area (Å²) in [5.41, 5.74) is 2.84. The van der Waals surface area contributed by atoms with Crippen LogP contribution in [0.2, 0.25) is 0 Å². The Morgan fingerprint density at radius 2 is 1.70 bits per heavy atom. The Morgan fingerprint density at radius 1 is 1.00 bits per heavy atom. The Morgan fingerprint density at radius 3 is 2.36 bits per heavy atom. The average molecular weight is 465 g/mol. The van der Waals surface area contributed by atoms with Gasteiger partial charge in [-0.2, -0.15) is 0 Å². The van der Waals surface area contributed by atoms with Crippen LogP contribution in [0.5, 0.6) is 0 Å². The first-order chi connectivity index (χ1) is 15.9. The highest BCUT2D eigenvalue weighted by Gasteiger charge is 2.24. The highest BCUT2D eigenvalue weighted by atomic mass is 32.2. The fourth-order valence-corrected chi connectivity index (χ4v) is 5.04. The number of ether oxygens (including phenoxy) is 1. The van der Waals surface area contributed by atoms with Crippen LogP contribution in [0.4, 0.5) is 5.69 Å². The van der Waals surface area contributed by atoms with Crippen LogP contribution >= 0.6 is 0 Å². The molecule has 0 saturated carbocycles. The number of amides is 1. The summed E-state index contributed by atoms with van der Waals surface area (Å²) in [6.07, 6.45) is 1.95. The van der Waals surface area contributed by atoms with E-state index in [1.54, 1.807) is 29.2 Å². The minimum atomic E-state index is -3.76. The van der Waals surface area contributed by atoms with Gasteiger partial charge in [-0.3, -0.25) is 9.52 Å². The van der Waals surface area contributed by atoms with Crippen LogP contribution in [0.1, 0.15) is 34.3 Å². The van der Waals surface area contributed by atoms with Gasteiger partial charge in [0.1, 0.15) is 0 Å². The molecule has 0 aliphatic carbocycles. The van der Waals surface area contributed by atoms with E-state index in [1.165, 1.54) is 12.1 Å². The molecule has 7 heteroatoms. The van der Waals surface area contributed by atoms with Crippen LogP contribution < -0.4 is 4.72 Å². The molecular formula is C26H28N2O4S. The Balaban J connectivity index is 1.52. The van der Waals surface area contributed by atoms with E-state index in [1.807, 2.05) is 49.4 Å². The maximum absolute atomic E-state index is 13.3. The molecule has 172 valence electrons. The lowest BCUT2D eigenvalue weighted by atomic mass is 10.1. The molecule has 0 bridgehead atoms. The van der Waals surface area contributed by atoms with Crippen molar-refractivity contribution in [2.45, 2.75) is 37.3 Å². The summed E-state index contributed by atoms with van der Waals surface area (Å²) in [7, 11) is -3.76. The summed E-state index contributed by atoms with van der Waals surface area (Å²) in [4.78, 5) is 15.2. The molecular weight excluding hydrogens is 436 g/mol. The summed E-state index contributed by atoms with van der Waals surface area (Å²) in [6.45, 7) is 3.53. The van der Waals surface area contributed by atoms with E-state index in [-0.39, 0.29) is 16.9 Å². The lowest BCUT2D eigenvalue weighted by molar-refractivity contribution is 0.0507. The molecule has 1 N–H and O–H groups in total. The van der Waals surface area contributed by atoms with E-state index in [4.69, 9.17) is 4.74 Å². The third-order valence-electron chi connectivity index (χ3n) is 5.75. The Hall–Kier alpha value is -3.16. The van der Waals surface area contributed by atoms with Crippen LogP contribution in [-0.4, -0.2) is 38.5 Å². The largest absolute Gasteiger partial charge is 0.376 e. The van der Waals surface area contributed by atoms with Crippen molar-refractivity contribution in [3.05, 3.63) is 95.6 Å². The van der Waals surface area contributed by atoms with E-state index in [9.17, 15) is 13.2 Å². The number of nitrogens with zero attached hydrogens (tertiary/aromatic N) is 1. The second-order valence-electron chi connectivity index (χ2n) is 8.25. The fourth-order valence-electron chi connectivity index (χ4n) is 3.91. The number of carbonyl (C=O) groups is 1. The van der Waals surface area contributed by atoms with Gasteiger partial charge in [0, 0.05) is 25.3 Å². The first kappa shape index (κ1) is 23.0. The van der Waals surface area contributed by atoms with Gasteiger partial charge in [-0.15, -0.1) is 0 Å². The average Bonchev–Trinajstić information content (AvgIpc) is 3.34. The summed E-state index contributed by atoms with van der Waals surface area (Å²) in [5, 5.41) is 0. The maximum atomic E-state index is 13.3. The van der Waals surface area contributed by atoms with Crippen molar-refractivity contribution in [1.82, 2.24) is 4.90 Å². The molecule has 3 aromatic carbocycles. The molecule has 1 saturated heterocycles. The van der Waals surface area contributed by atoms with Gasteiger partial charge in [0.05, 0.1) is 16.7 Å². The van der Waals surface area contributed by atoms with Crippen molar-refractivity contribution in [1.29, 1.82) is 0 Å². The number of nitrogens with one attached hydrogen (secondary N) is 1. The van der Waals surface area contributed by atoms with E-state index in [0.717, 1.165) is 30.6 Å². The number of aryl methyl sites for hydroxylation is 1. The zero-order chi connectivity index (χ0) is 23.3. The molecule has 1 unspecified atom stereocenters. The molecule has 3 aromatic rings. The molecule has 1 fully saturated rings. The highest BCUT2D eigenvalue weighted by molar-refractivity contribution is 7.92. The summed E-state index contributed by atoms with van der Waals surface area (Å²) in [6, 6.07) is 23.1. The molecule has 6 nitrogen and oxygen atoms in total. The zero-order valence-corrected chi connectivity index (χ0v) is 19.4. The summed E-state index contributed by atoms with van der Waals surface area (Å²) in [5.74, 6) is -0.148. The van der Waals surface area contributed by atoms with Crippen LogP contribution in [0.25, 0.3) is 0 Å². The first-order valence-electron chi connectivity index (χ1n) is 11.1. The number of anilines is 1. The molecule has 0 spiro atoms. The number of hydrogen-bond donors (Lipinski definition) is 1. The van der Waals surface area contributed by atoms with Crippen molar-refractivity contribution in [3.8, 4) is 0 Å². The smallest absolute Gasteiger partial charge is 0.261 e. The standard InChI is InChI=1S/C26H28N2O4S/c1-20-8-5-6-12-25(20)27-33(30,31)24-15-13-22(14-16-24)26(29)28(19-23-11-7-17-32-23)18-21-9-3-2-4-10-21/h2-6,8-10,12-16,23,27H,7,11,17-19H2,1H3. The molecule has 1 amide bonds. The fraction of sp³-hybridized carbons (Fsp3) is 0.269. The van der Waals surface area contributed by atoms with Gasteiger partial charge in [-0.25, -0.2) is 8.42 Å². The molecule has 1 heterocycles. The van der Waals surface area contributed by atoms with Crippen molar-refractivity contribution in [2.75, 3.05) is 17.9 Å². The molecule has 0 radical (unpaired) electrons. The predicted molar refractivity (Wildman–Crippen MR) is 129 cm³/mol. The SMILES string of the molecule is Cc1ccccc1NS(=O)(=O)c1ccc(C(=O)N(Cc2ccccc2)CC2CCCO2)cc1. The number of benzene rings is 3. The second-order valence-corrected chi connectivity index (χ2v) is 9.93. The second kappa shape index (κ2) is 10.2. The monoisotopic (exact) mass is 464 g/mol. The van der Waals surface area contributed by atoms with Gasteiger partial charge in [-0.05, 0) is 61.2 Å². The molecule has 0 aromatic heterocycles. The summed E-state index contributed by atoms with van der Waals surface area (Å²) < 4.78 is 34.0. The quantitative estimate of drug-likeness (QED) is 0.528. The van der Waals surface area contributed by atoms with E-state index >= 15 is 0 Å². The van der Waals surface area contributed by atoms with Gasteiger partial charge in [-0.1, -0.05) is 48.5 Å². The van der Waals surface area contributed by atoms with Gasteiger partial charge < -0.3 is 9.64 Å². The molecule has 1 atom stereocenters. The third-order valence-corrected chi connectivity index (χ3v) is 7.13. The molecule has 1 aliphatic heterocycles. The Labute approximate surface area is 195 Å². The van der Waals surface area contributed by atoms with Gasteiger partial charge in [0.25, 0.3) is 15.9 Å². The van der Waals surface area contributed by atoms with Gasteiger partial charge >= 0.3 is 0 Å². The predicted octanol–water partition coefficient (Wildman–Crippen LogP) is 4.62. The van der Waals surface area contributed by atoms with Crippen LogP contribution in [0.15, 0.2) is 83.8 Å². The Kier molecular flexibility index (Phi) is 7.11. The van der Waals surface area contributed by atoms with Crippen LogP contribution in [0.3, 0.4) is 0 Å². The summed E-state index contributed by atoms with van der Waals surface area (Å²) >= 11 is 0. The number of hydrogen-bond acceptors (Lipinski definition) is 4. The van der Waals surface area contributed by atoms with Crippen LogP contribution in [0, 0.1) is 6.92 Å². The maximum Gasteiger partial charge on any atom is 0.261 e. The first-order valence-corrected chi connectivity index (χ1v) is 12.5. The number of sulfonamides is 1. The van der Waals surface area contributed by atoms with Crippen molar-refractivity contribution >= 4 is 21.6 Å². The number of rotatable bonds is 8. The normalized spacial score (nSPS) is 15.8. The van der Waals surface area contributed by atoms with Crippen LogP contribution in [-0.2, 0) is 21.3 Å².